The Morgan fingerprint density at radius 2 is 2.23 bits per heavy atom. The molecule has 4 heteroatoms. The number of carbonyl (C=O) groups is 2. The lowest BCUT2D eigenvalue weighted by atomic mass is 10.1. The van der Waals surface area contributed by atoms with Crippen LogP contribution >= 0.6 is 0 Å². The molecule has 0 rings (SSSR count). The van der Waals surface area contributed by atoms with Gasteiger partial charge in [-0.2, -0.15) is 0 Å². The molecule has 13 heavy (non-hydrogen) atoms. The number of hydrogen-bond acceptors (Lipinski definition) is 2. The fourth-order valence-electron chi connectivity index (χ4n) is 0.745. The third kappa shape index (κ3) is 5.90. The van der Waals surface area contributed by atoms with Crippen LogP contribution < -0.4 is 5.32 Å². The summed E-state index contributed by atoms with van der Waals surface area (Å²) in [5.74, 6) is -1.46. The van der Waals surface area contributed by atoms with Crippen molar-refractivity contribution in [1.82, 2.24) is 5.32 Å². The minimum absolute atomic E-state index is 0.131. The summed E-state index contributed by atoms with van der Waals surface area (Å²) in [6.45, 7) is 5.46. The SMILES string of the molecule is C=CCNC(=O)CCC(C)C(=O)O. The smallest absolute Gasteiger partial charge is 0.306 e. The van der Waals surface area contributed by atoms with Crippen LogP contribution in [0.5, 0.6) is 0 Å². The summed E-state index contributed by atoms with van der Waals surface area (Å²) >= 11 is 0. The molecule has 1 amide bonds. The van der Waals surface area contributed by atoms with E-state index in [2.05, 4.69) is 11.9 Å². The first-order chi connectivity index (χ1) is 6.07. The second kappa shape index (κ2) is 6.22. The number of hydrogen-bond donors (Lipinski definition) is 2. The van der Waals surface area contributed by atoms with Crippen molar-refractivity contribution in [2.75, 3.05) is 6.54 Å². The average Bonchev–Trinajstić information content (AvgIpc) is 2.10. The lowest BCUT2D eigenvalue weighted by Gasteiger charge is -2.05. The third-order valence-corrected chi connectivity index (χ3v) is 1.67. The van der Waals surface area contributed by atoms with Gasteiger partial charge in [-0.05, 0) is 6.42 Å². The fraction of sp³-hybridized carbons (Fsp3) is 0.556. The number of carboxylic acid groups (broad SMARTS) is 1. The van der Waals surface area contributed by atoms with Crippen molar-refractivity contribution >= 4 is 11.9 Å². The van der Waals surface area contributed by atoms with Crippen LogP contribution in [0.2, 0.25) is 0 Å². The van der Waals surface area contributed by atoms with E-state index in [-0.39, 0.29) is 12.3 Å². The van der Waals surface area contributed by atoms with Gasteiger partial charge in [0, 0.05) is 13.0 Å². The molecule has 0 aromatic heterocycles. The predicted molar refractivity (Wildman–Crippen MR) is 49.2 cm³/mol. The molecule has 0 aliphatic rings. The molecule has 0 aliphatic carbocycles. The number of amides is 1. The van der Waals surface area contributed by atoms with Crippen molar-refractivity contribution in [3.8, 4) is 0 Å². The Labute approximate surface area is 77.6 Å². The van der Waals surface area contributed by atoms with Crippen LogP contribution in [0.1, 0.15) is 19.8 Å². The van der Waals surface area contributed by atoms with Crippen LogP contribution in [0.25, 0.3) is 0 Å². The quantitative estimate of drug-likeness (QED) is 0.601. The Morgan fingerprint density at radius 1 is 1.62 bits per heavy atom. The van der Waals surface area contributed by atoms with Crippen molar-refractivity contribution in [1.29, 1.82) is 0 Å². The van der Waals surface area contributed by atoms with Gasteiger partial charge in [0.2, 0.25) is 5.91 Å². The van der Waals surface area contributed by atoms with E-state index >= 15 is 0 Å². The van der Waals surface area contributed by atoms with Gasteiger partial charge in [0.25, 0.3) is 0 Å². The summed E-state index contributed by atoms with van der Waals surface area (Å²) < 4.78 is 0. The molecule has 0 aromatic rings. The van der Waals surface area contributed by atoms with Crippen LogP contribution in [-0.4, -0.2) is 23.5 Å². The second-order valence-corrected chi connectivity index (χ2v) is 2.87. The molecular weight excluding hydrogens is 170 g/mol. The molecule has 1 atom stereocenters. The normalized spacial score (nSPS) is 11.8. The van der Waals surface area contributed by atoms with Crippen LogP contribution in [-0.2, 0) is 9.59 Å². The molecule has 0 fully saturated rings. The molecule has 2 N–H and O–H groups in total. The minimum atomic E-state index is -0.864. The van der Waals surface area contributed by atoms with Crippen LogP contribution in [0, 0.1) is 5.92 Å². The summed E-state index contributed by atoms with van der Waals surface area (Å²) in [5, 5.41) is 11.1. The van der Waals surface area contributed by atoms with Crippen molar-refractivity contribution < 1.29 is 14.7 Å². The molecule has 0 saturated heterocycles. The Balaban J connectivity index is 3.57. The van der Waals surface area contributed by atoms with Gasteiger partial charge in [-0.15, -0.1) is 6.58 Å². The zero-order valence-corrected chi connectivity index (χ0v) is 7.75. The molecule has 0 radical (unpaired) electrons. The van der Waals surface area contributed by atoms with Gasteiger partial charge in [-0.25, -0.2) is 0 Å². The lowest BCUT2D eigenvalue weighted by molar-refractivity contribution is -0.141. The van der Waals surface area contributed by atoms with E-state index in [1.165, 1.54) is 0 Å². The average molecular weight is 185 g/mol. The summed E-state index contributed by atoms with van der Waals surface area (Å²) in [7, 11) is 0. The van der Waals surface area contributed by atoms with Gasteiger partial charge in [-0.3, -0.25) is 9.59 Å². The molecule has 0 bridgehead atoms. The Hall–Kier alpha value is -1.32. The van der Waals surface area contributed by atoms with Crippen LogP contribution in [0.15, 0.2) is 12.7 Å². The topological polar surface area (TPSA) is 66.4 Å². The molecule has 4 nitrogen and oxygen atoms in total. The van der Waals surface area contributed by atoms with E-state index < -0.39 is 11.9 Å². The van der Waals surface area contributed by atoms with Gasteiger partial charge < -0.3 is 10.4 Å². The zero-order valence-electron chi connectivity index (χ0n) is 7.75. The highest BCUT2D eigenvalue weighted by atomic mass is 16.4. The van der Waals surface area contributed by atoms with E-state index in [9.17, 15) is 9.59 Å². The summed E-state index contributed by atoms with van der Waals surface area (Å²) in [6, 6.07) is 0. The van der Waals surface area contributed by atoms with Gasteiger partial charge >= 0.3 is 5.97 Å². The van der Waals surface area contributed by atoms with Gasteiger partial charge in [-0.1, -0.05) is 13.0 Å². The van der Waals surface area contributed by atoms with E-state index in [1.54, 1.807) is 13.0 Å². The molecule has 0 aliphatic heterocycles. The molecule has 0 saturated carbocycles. The maximum absolute atomic E-state index is 11.0. The summed E-state index contributed by atoms with van der Waals surface area (Å²) in [6.07, 6.45) is 2.21. The standard InChI is InChI=1S/C9H15NO3/c1-3-6-10-8(11)5-4-7(2)9(12)13/h3,7H,1,4-6H2,2H3,(H,10,11)(H,12,13). The molecular formula is C9H15NO3. The van der Waals surface area contributed by atoms with Gasteiger partial charge in [0.15, 0.2) is 0 Å². The first kappa shape index (κ1) is 11.7. The number of aliphatic carboxylic acids is 1. The van der Waals surface area contributed by atoms with E-state index in [0.717, 1.165) is 0 Å². The highest BCUT2D eigenvalue weighted by Crippen LogP contribution is 2.04. The number of carboxylic acids is 1. The van der Waals surface area contributed by atoms with E-state index in [4.69, 9.17) is 5.11 Å². The minimum Gasteiger partial charge on any atom is -0.481 e. The predicted octanol–water partition coefficient (Wildman–Crippen LogP) is 0.790. The first-order valence-electron chi connectivity index (χ1n) is 4.18. The monoisotopic (exact) mass is 185 g/mol. The molecule has 0 heterocycles. The first-order valence-corrected chi connectivity index (χ1v) is 4.18. The maximum atomic E-state index is 11.0. The Kier molecular flexibility index (Phi) is 5.59. The zero-order chi connectivity index (χ0) is 10.3. The number of rotatable bonds is 6. The number of carbonyl (C=O) groups excluding carboxylic acids is 1. The Morgan fingerprint density at radius 3 is 2.69 bits per heavy atom. The molecule has 74 valence electrons. The van der Waals surface area contributed by atoms with Crippen LogP contribution in [0.4, 0.5) is 0 Å². The maximum Gasteiger partial charge on any atom is 0.306 e. The molecule has 0 spiro atoms. The van der Waals surface area contributed by atoms with Crippen molar-refractivity contribution in [3.63, 3.8) is 0 Å². The summed E-state index contributed by atoms with van der Waals surface area (Å²) in [4.78, 5) is 21.4. The molecule has 1 unspecified atom stereocenters. The van der Waals surface area contributed by atoms with Crippen LogP contribution in [0.3, 0.4) is 0 Å². The molecule has 0 aromatic carbocycles. The fourth-order valence-corrected chi connectivity index (χ4v) is 0.745. The third-order valence-electron chi connectivity index (χ3n) is 1.67. The van der Waals surface area contributed by atoms with Gasteiger partial charge in [0.05, 0.1) is 5.92 Å². The van der Waals surface area contributed by atoms with Crippen molar-refractivity contribution in [2.24, 2.45) is 5.92 Å². The van der Waals surface area contributed by atoms with E-state index in [0.29, 0.717) is 13.0 Å². The Bertz CT molecular complexity index is 201. The largest absolute Gasteiger partial charge is 0.481 e. The second-order valence-electron chi connectivity index (χ2n) is 2.87. The summed E-state index contributed by atoms with van der Waals surface area (Å²) in [5.41, 5.74) is 0. The highest BCUT2D eigenvalue weighted by Gasteiger charge is 2.12. The number of nitrogens with one attached hydrogen (secondary N) is 1. The van der Waals surface area contributed by atoms with Crippen molar-refractivity contribution in [3.05, 3.63) is 12.7 Å². The van der Waals surface area contributed by atoms with Gasteiger partial charge in [0.1, 0.15) is 0 Å². The highest BCUT2D eigenvalue weighted by molar-refractivity contribution is 5.77. The lowest BCUT2D eigenvalue weighted by Crippen LogP contribution is -2.24. The van der Waals surface area contributed by atoms with E-state index in [1.807, 2.05) is 0 Å². The van der Waals surface area contributed by atoms with Crippen molar-refractivity contribution in [2.45, 2.75) is 19.8 Å².